The van der Waals surface area contributed by atoms with E-state index in [1.165, 1.54) is 24.0 Å². The van der Waals surface area contributed by atoms with Crippen molar-refractivity contribution in [2.75, 3.05) is 13.6 Å². The molecule has 0 heterocycles. The normalized spacial score (nSPS) is 12.0. The largest absolute Gasteiger partial charge is 0.379 e. The summed E-state index contributed by atoms with van der Waals surface area (Å²) in [6.07, 6.45) is 4.55. The number of unbranched alkanes of at least 4 members (excludes halogenated alkanes) is 1. The fourth-order valence-electron chi connectivity index (χ4n) is 2.33. The maximum atomic E-state index is 4.18. The first-order chi connectivity index (χ1) is 10.1. The zero-order valence-electron chi connectivity index (χ0n) is 13.8. The molecule has 0 spiro atoms. The van der Waals surface area contributed by atoms with Crippen molar-refractivity contribution in [2.24, 2.45) is 0 Å². The number of nitrogens with one attached hydrogen (secondary N) is 2. The number of hydrogen-bond acceptors (Lipinski definition) is 2. The minimum atomic E-state index is 0.306. The summed E-state index contributed by atoms with van der Waals surface area (Å²) in [5.74, 6) is 0. The first-order valence-electron chi connectivity index (χ1n) is 7.93. The highest BCUT2D eigenvalue weighted by Gasteiger charge is 2.10. The van der Waals surface area contributed by atoms with Gasteiger partial charge in [-0.25, -0.2) is 0 Å². The molecule has 2 nitrogen and oxygen atoms in total. The fraction of sp³-hybridized carbons (Fsp3) is 0.474. The van der Waals surface area contributed by atoms with E-state index in [1.807, 2.05) is 7.05 Å². The van der Waals surface area contributed by atoms with E-state index in [0.29, 0.717) is 6.04 Å². The predicted molar refractivity (Wildman–Crippen MR) is 94.4 cm³/mol. The van der Waals surface area contributed by atoms with Gasteiger partial charge in [-0.1, -0.05) is 49.9 Å². The monoisotopic (exact) mass is 286 g/mol. The van der Waals surface area contributed by atoms with E-state index in [0.717, 1.165) is 30.6 Å². The smallest absolute Gasteiger partial charge is 0.0468 e. The van der Waals surface area contributed by atoms with Gasteiger partial charge in [0.15, 0.2) is 0 Å². The zero-order valence-corrected chi connectivity index (χ0v) is 13.8. The Bertz CT molecular complexity index is 445. The summed E-state index contributed by atoms with van der Waals surface area (Å²) in [5, 5.41) is 6.72. The van der Waals surface area contributed by atoms with Crippen LogP contribution in [0.4, 0.5) is 0 Å². The Hall–Kier alpha value is -1.54. The third kappa shape index (κ3) is 6.17. The highest BCUT2D eigenvalue weighted by molar-refractivity contribution is 5.62. The van der Waals surface area contributed by atoms with Gasteiger partial charge in [-0.2, -0.15) is 0 Å². The summed E-state index contributed by atoms with van der Waals surface area (Å²) in [6.45, 7) is 13.6. The maximum Gasteiger partial charge on any atom is 0.0468 e. The van der Waals surface area contributed by atoms with Gasteiger partial charge in [0, 0.05) is 11.7 Å². The topological polar surface area (TPSA) is 24.1 Å². The van der Waals surface area contributed by atoms with Crippen LogP contribution in [0.5, 0.6) is 0 Å². The summed E-state index contributed by atoms with van der Waals surface area (Å²) in [5.41, 5.74) is 4.67. The van der Waals surface area contributed by atoms with Crippen molar-refractivity contribution in [3.05, 3.63) is 54.1 Å². The standard InChI is InChI=1S/C19H30N2/c1-6-17-10-12-18(13-11-17)16(4)21-19(15(2)3)9-7-8-14-20-5/h10-13,19-21H,2,4,6-9,14H2,1,3,5H3. The molecule has 2 heteroatoms. The van der Waals surface area contributed by atoms with Crippen LogP contribution in [0.3, 0.4) is 0 Å². The van der Waals surface area contributed by atoms with E-state index < -0.39 is 0 Å². The summed E-state index contributed by atoms with van der Waals surface area (Å²) in [6, 6.07) is 8.94. The number of rotatable bonds is 10. The van der Waals surface area contributed by atoms with Gasteiger partial charge in [0.1, 0.15) is 0 Å². The van der Waals surface area contributed by atoms with Gasteiger partial charge >= 0.3 is 0 Å². The molecule has 1 atom stereocenters. The van der Waals surface area contributed by atoms with Crippen LogP contribution in [0.15, 0.2) is 43.0 Å². The molecular weight excluding hydrogens is 256 g/mol. The minimum Gasteiger partial charge on any atom is -0.379 e. The summed E-state index contributed by atoms with van der Waals surface area (Å²) >= 11 is 0. The molecule has 0 aliphatic heterocycles. The van der Waals surface area contributed by atoms with E-state index in [2.05, 4.69) is 61.9 Å². The molecule has 1 unspecified atom stereocenters. The van der Waals surface area contributed by atoms with Crippen LogP contribution >= 0.6 is 0 Å². The molecule has 2 N–H and O–H groups in total. The molecule has 1 aromatic carbocycles. The lowest BCUT2D eigenvalue weighted by atomic mass is 10.0. The third-order valence-electron chi connectivity index (χ3n) is 3.82. The molecule has 0 radical (unpaired) electrons. The van der Waals surface area contributed by atoms with Crippen LogP contribution in [-0.2, 0) is 6.42 Å². The van der Waals surface area contributed by atoms with Crippen molar-refractivity contribution in [1.82, 2.24) is 10.6 Å². The minimum absolute atomic E-state index is 0.306. The maximum absolute atomic E-state index is 4.18. The van der Waals surface area contributed by atoms with Crippen molar-refractivity contribution >= 4 is 5.70 Å². The Morgan fingerprint density at radius 2 is 1.81 bits per heavy atom. The van der Waals surface area contributed by atoms with Crippen LogP contribution < -0.4 is 10.6 Å². The molecule has 1 aromatic rings. The quantitative estimate of drug-likeness (QED) is 0.499. The second-order valence-electron chi connectivity index (χ2n) is 5.67. The molecule has 0 aromatic heterocycles. The third-order valence-corrected chi connectivity index (χ3v) is 3.82. The van der Waals surface area contributed by atoms with Gasteiger partial charge in [-0.05, 0) is 57.3 Å². The Kier molecular flexibility index (Phi) is 7.84. The average molecular weight is 286 g/mol. The van der Waals surface area contributed by atoms with E-state index in [1.54, 1.807) is 0 Å². The first kappa shape index (κ1) is 17.5. The Labute approximate surface area is 130 Å². The highest BCUT2D eigenvalue weighted by Crippen LogP contribution is 2.16. The SMILES string of the molecule is C=C(NC(CCCCNC)C(=C)C)c1ccc(CC)cc1. The number of hydrogen-bond donors (Lipinski definition) is 2. The molecule has 0 bridgehead atoms. The molecule has 0 saturated carbocycles. The van der Waals surface area contributed by atoms with Gasteiger partial charge in [-0.15, -0.1) is 0 Å². The van der Waals surface area contributed by atoms with E-state index in [9.17, 15) is 0 Å². The van der Waals surface area contributed by atoms with Crippen LogP contribution in [-0.4, -0.2) is 19.6 Å². The lowest BCUT2D eigenvalue weighted by Gasteiger charge is -2.22. The summed E-state index contributed by atoms with van der Waals surface area (Å²) in [7, 11) is 2.00. The second kappa shape index (κ2) is 9.41. The molecule has 1 rings (SSSR count). The molecule has 0 amide bonds. The molecule has 0 aliphatic carbocycles. The van der Waals surface area contributed by atoms with Gasteiger partial charge in [0.2, 0.25) is 0 Å². The Morgan fingerprint density at radius 1 is 1.14 bits per heavy atom. The lowest BCUT2D eigenvalue weighted by molar-refractivity contribution is 0.560. The second-order valence-corrected chi connectivity index (χ2v) is 5.67. The van der Waals surface area contributed by atoms with Crippen molar-refractivity contribution < 1.29 is 0 Å². The summed E-state index contributed by atoms with van der Waals surface area (Å²) in [4.78, 5) is 0. The highest BCUT2D eigenvalue weighted by atomic mass is 14.9. The zero-order chi connectivity index (χ0) is 15.7. The van der Waals surface area contributed by atoms with Gasteiger partial charge in [0.25, 0.3) is 0 Å². The molecule has 116 valence electrons. The first-order valence-corrected chi connectivity index (χ1v) is 7.93. The fourth-order valence-corrected chi connectivity index (χ4v) is 2.33. The van der Waals surface area contributed by atoms with Crippen LogP contribution in [0.1, 0.15) is 44.2 Å². The molecule has 0 aliphatic rings. The Morgan fingerprint density at radius 3 is 2.33 bits per heavy atom. The van der Waals surface area contributed by atoms with Gasteiger partial charge in [-0.3, -0.25) is 0 Å². The van der Waals surface area contributed by atoms with Gasteiger partial charge < -0.3 is 10.6 Å². The molecule has 0 saturated heterocycles. The molecule has 0 fully saturated rings. The van der Waals surface area contributed by atoms with E-state index in [4.69, 9.17) is 0 Å². The number of aryl methyl sites for hydroxylation is 1. The summed E-state index contributed by atoms with van der Waals surface area (Å²) < 4.78 is 0. The Balaban J connectivity index is 2.56. The molecular formula is C19H30N2. The van der Waals surface area contributed by atoms with Gasteiger partial charge in [0.05, 0.1) is 0 Å². The molecule has 21 heavy (non-hydrogen) atoms. The van der Waals surface area contributed by atoms with Crippen LogP contribution in [0, 0.1) is 0 Å². The van der Waals surface area contributed by atoms with E-state index in [-0.39, 0.29) is 0 Å². The van der Waals surface area contributed by atoms with Crippen LogP contribution in [0.2, 0.25) is 0 Å². The van der Waals surface area contributed by atoms with E-state index >= 15 is 0 Å². The van der Waals surface area contributed by atoms with Crippen molar-refractivity contribution in [3.8, 4) is 0 Å². The van der Waals surface area contributed by atoms with Crippen molar-refractivity contribution in [2.45, 2.75) is 45.6 Å². The predicted octanol–water partition coefficient (Wildman–Crippen LogP) is 4.14. The van der Waals surface area contributed by atoms with Crippen molar-refractivity contribution in [1.29, 1.82) is 0 Å². The lowest BCUT2D eigenvalue weighted by Crippen LogP contribution is -2.28. The van der Waals surface area contributed by atoms with Crippen molar-refractivity contribution in [3.63, 3.8) is 0 Å². The average Bonchev–Trinajstić information content (AvgIpc) is 2.50. The number of benzene rings is 1. The van der Waals surface area contributed by atoms with Crippen LogP contribution in [0.25, 0.3) is 5.70 Å².